The van der Waals surface area contributed by atoms with E-state index in [4.69, 9.17) is 0 Å². The fourth-order valence-electron chi connectivity index (χ4n) is 1.41. The molecule has 0 aliphatic rings. The molecule has 0 bridgehead atoms. The Hall–Kier alpha value is -1.65. The zero-order chi connectivity index (χ0) is 23.4. The monoisotopic (exact) mass is 462 g/mol. The first-order chi connectivity index (χ1) is 11.8. The molecule has 18 heteroatoms. The van der Waals surface area contributed by atoms with E-state index < -0.39 is 54.1 Å². The topological polar surface area (TPSA) is 9.23 Å². The highest BCUT2D eigenvalue weighted by atomic mass is 19.4. The van der Waals surface area contributed by atoms with Gasteiger partial charge in [0.05, 0.1) is 6.26 Å². The molecule has 0 rings (SSSR count). The van der Waals surface area contributed by atoms with Crippen molar-refractivity contribution in [1.29, 1.82) is 0 Å². The molecular weight excluding hydrogens is 459 g/mol. The van der Waals surface area contributed by atoms with Crippen molar-refractivity contribution >= 4 is 0 Å². The summed E-state index contributed by atoms with van der Waals surface area (Å²) in [6, 6.07) is 0. The molecule has 0 aliphatic heterocycles. The van der Waals surface area contributed by atoms with E-state index in [0.29, 0.717) is 0 Å². The van der Waals surface area contributed by atoms with Crippen molar-refractivity contribution < 1.29 is 79.4 Å². The summed E-state index contributed by atoms with van der Waals surface area (Å²) in [4.78, 5) is 0. The molecule has 1 nitrogen and oxygen atoms in total. The second kappa shape index (κ2) is 6.43. The molecule has 0 aromatic rings. The average molecular weight is 462 g/mol. The van der Waals surface area contributed by atoms with Crippen LogP contribution < -0.4 is 0 Å². The molecule has 0 spiro atoms. The molecule has 0 aliphatic carbocycles. The maximum Gasteiger partial charge on any atom is 0.467 e. The molecule has 0 heterocycles. The molecule has 0 amide bonds. The Morgan fingerprint density at radius 1 is 0.429 bits per heavy atom. The Balaban J connectivity index is 6.82. The average Bonchev–Trinajstić information content (AvgIpc) is 2.43. The minimum atomic E-state index is -8.60. The van der Waals surface area contributed by atoms with Crippen molar-refractivity contribution in [2.75, 3.05) is 0 Å². The molecule has 0 saturated heterocycles. The molecule has 28 heavy (non-hydrogen) atoms. The first kappa shape index (κ1) is 26.3. The lowest BCUT2D eigenvalue weighted by Gasteiger charge is -2.43. The maximum absolute atomic E-state index is 13.4. The minimum absolute atomic E-state index is 1.03. The van der Waals surface area contributed by atoms with Crippen LogP contribution in [0.4, 0.5) is 74.6 Å². The van der Waals surface area contributed by atoms with E-state index in [-0.39, 0.29) is 0 Å². The first-order valence-corrected chi connectivity index (χ1v) is 5.81. The van der Waals surface area contributed by atoms with Gasteiger partial charge < -0.3 is 4.74 Å². The normalized spacial score (nSPS) is 17.9. The predicted octanol–water partition coefficient (Wildman–Crippen LogP) is 6.11. The van der Waals surface area contributed by atoms with E-state index in [1.54, 1.807) is 0 Å². The summed E-state index contributed by atoms with van der Waals surface area (Å²) >= 11 is 0. The number of halogens is 17. The Labute approximate surface area is 141 Å². The maximum atomic E-state index is 13.4. The summed E-state index contributed by atoms with van der Waals surface area (Å²) in [5, 5.41) is 0. The lowest BCUT2D eigenvalue weighted by Crippen LogP contribution is -2.75. The molecule has 0 saturated carbocycles. The molecule has 0 aromatic carbocycles. The third-order valence-electron chi connectivity index (χ3n) is 2.95. The number of rotatable bonds is 7. The zero-order valence-corrected chi connectivity index (χ0v) is 12.1. The minimum Gasteiger partial charge on any atom is -0.454 e. The van der Waals surface area contributed by atoms with Gasteiger partial charge in [-0.05, 0) is 0 Å². The Morgan fingerprint density at radius 3 is 0.964 bits per heavy atom. The molecule has 1 unspecified atom stereocenters. The Morgan fingerprint density at radius 2 is 0.714 bits per heavy atom. The zero-order valence-electron chi connectivity index (χ0n) is 12.1. The largest absolute Gasteiger partial charge is 0.467 e. The SMILES string of the molecule is C=COC(F)(C(F)(F)F)C(F)(F)C(F)(F)C(F)(F)C(F)(F)C(F)(F)C(F)(F)F. The molecule has 0 fully saturated rings. The van der Waals surface area contributed by atoms with Crippen LogP contribution in [0.2, 0.25) is 0 Å². The number of alkyl halides is 17. The van der Waals surface area contributed by atoms with Gasteiger partial charge in [0, 0.05) is 0 Å². The number of ether oxygens (including phenoxy) is 1. The lowest BCUT2D eigenvalue weighted by atomic mass is 9.90. The van der Waals surface area contributed by atoms with Gasteiger partial charge in [0.25, 0.3) is 0 Å². The van der Waals surface area contributed by atoms with Crippen molar-refractivity contribution in [2.24, 2.45) is 0 Å². The highest BCUT2D eigenvalue weighted by Gasteiger charge is 2.95. The van der Waals surface area contributed by atoms with E-state index in [1.165, 1.54) is 0 Å². The third kappa shape index (κ3) is 3.11. The highest BCUT2D eigenvalue weighted by Crippen LogP contribution is 2.63. The van der Waals surface area contributed by atoms with Crippen LogP contribution in [0.15, 0.2) is 12.8 Å². The summed E-state index contributed by atoms with van der Waals surface area (Å²) in [6.45, 7) is 1.99. The van der Waals surface area contributed by atoms with E-state index in [2.05, 4.69) is 4.74 Å². The van der Waals surface area contributed by atoms with E-state index in [0.717, 1.165) is 0 Å². The number of hydrogen-bond donors (Lipinski definition) is 0. The fraction of sp³-hybridized carbons (Fsp3) is 0.800. The molecule has 1 atom stereocenters. The van der Waals surface area contributed by atoms with Crippen LogP contribution in [0.1, 0.15) is 0 Å². The highest BCUT2D eigenvalue weighted by molar-refractivity contribution is 5.14. The van der Waals surface area contributed by atoms with E-state index in [9.17, 15) is 74.6 Å². The molecule has 168 valence electrons. The van der Waals surface area contributed by atoms with Crippen LogP contribution in [-0.2, 0) is 4.74 Å². The summed E-state index contributed by atoms with van der Waals surface area (Å²) in [6.07, 6.45) is -16.2. The number of hydrogen-bond acceptors (Lipinski definition) is 1. The van der Waals surface area contributed by atoms with Gasteiger partial charge in [-0.25, -0.2) is 0 Å². The van der Waals surface area contributed by atoms with Crippen molar-refractivity contribution in [1.82, 2.24) is 0 Å². The van der Waals surface area contributed by atoms with Gasteiger partial charge >= 0.3 is 47.8 Å². The predicted molar refractivity (Wildman–Crippen MR) is 52.0 cm³/mol. The van der Waals surface area contributed by atoms with Crippen LogP contribution in [-0.4, -0.2) is 47.8 Å². The Kier molecular flexibility index (Phi) is 6.05. The smallest absolute Gasteiger partial charge is 0.454 e. The van der Waals surface area contributed by atoms with Crippen LogP contribution in [0.25, 0.3) is 0 Å². The molecule has 0 radical (unpaired) electrons. The second-order valence-corrected chi connectivity index (χ2v) is 4.75. The summed E-state index contributed by atoms with van der Waals surface area (Å²) in [7, 11) is 0. The Bertz CT molecular complexity index is 584. The first-order valence-electron chi connectivity index (χ1n) is 5.81. The molecule has 0 aromatic heterocycles. The van der Waals surface area contributed by atoms with Crippen LogP contribution in [0, 0.1) is 0 Å². The van der Waals surface area contributed by atoms with Crippen molar-refractivity contribution in [3.8, 4) is 0 Å². The third-order valence-corrected chi connectivity index (χ3v) is 2.95. The quantitative estimate of drug-likeness (QED) is 0.328. The van der Waals surface area contributed by atoms with Crippen molar-refractivity contribution in [3.05, 3.63) is 12.8 Å². The standard InChI is InChI=1S/C10H3F17O/c1-2-28-8(21,10(25,26)27)6(17,18)4(13,14)3(11,12)5(15,16)7(19,20)9(22,23)24/h2H,1H2. The van der Waals surface area contributed by atoms with Crippen LogP contribution in [0.5, 0.6) is 0 Å². The van der Waals surface area contributed by atoms with Gasteiger partial charge in [-0.2, -0.15) is 74.6 Å². The van der Waals surface area contributed by atoms with Gasteiger partial charge in [-0.15, -0.1) is 0 Å². The molecule has 0 N–H and O–H groups in total. The van der Waals surface area contributed by atoms with Gasteiger partial charge in [-0.1, -0.05) is 6.58 Å². The van der Waals surface area contributed by atoms with Crippen molar-refractivity contribution in [3.63, 3.8) is 0 Å². The van der Waals surface area contributed by atoms with Gasteiger partial charge in [0.1, 0.15) is 0 Å². The fourth-order valence-corrected chi connectivity index (χ4v) is 1.41. The van der Waals surface area contributed by atoms with Gasteiger partial charge in [0.2, 0.25) is 0 Å². The van der Waals surface area contributed by atoms with E-state index in [1.807, 2.05) is 6.58 Å². The van der Waals surface area contributed by atoms with Gasteiger partial charge in [0.15, 0.2) is 0 Å². The molecular formula is C10H3F17O. The van der Waals surface area contributed by atoms with E-state index >= 15 is 0 Å². The summed E-state index contributed by atoms with van der Waals surface area (Å²) in [5.74, 6) is -49.2. The summed E-state index contributed by atoms with van der Waals surface area (Å²) < 4.78 is 218. The van der Waals surface area contributed by atoms with Crippen LogP contribution in [0.3, 0.4) is 0 Å². The van der Waals surface area contributed by atoms with Crippen molar-refractivity contribution in [2.45, 2.75) is 47.8 Å². The second-order valence-electron chi connectivity index (χ2n) is 4.75. The lowest BCUT2D eigenvalue weighted by molar-refractivity contribution is -0.478. The van der Waals surface area contributed by atoms with Gasteiger partial charge in [-0.3, -0.25) is 0 Å². The summed E-state index contributed by atoms with van der Waals surface area (Å²) in [5.41, 5.74) is 0. The van der Waals surface area contributed by atoms with Crippen LogP contribution >= 0.6 is 0 Å².